The summed E-state index contributed by atoms with van der Waals surface area (Å²) < 4.78 is 32.1. The molecule has 1 fully saturated rings. The zero-order valence-electron chi connectivity index (χ0n) is 14.8. The highest BCUT2D eigenvalue weighted by atomic mass is 19.1. The zero-order valence-corrected chi connectivity index (χ0v) is 14.8. The van der Waals surface area contributed by atoms with E-state index in [1.807, 2.05) is 0 Å². The summed E-state index contributed by atoms with van der Waals surface area (Å²) >= 11 is 0. The molecule has 27 heavy (non-hydrogen) atoms. The number of imidazole rings is 1. The minimum Gasteiger partial charge on any atom is -0.317 e. The minimum atomic E-state index is -0.470. The van der Waals surface area contributed by atoms with Crippen molar-refractivity contribution in [3.63, 3.8) is 0 Å². The van der Waals surface area contributed by atoms with Crippen molar-refractivity contribution in [3.8, 4) is 11.1 Å². The van der Waals surface area contributed by atoms with E-state index in [1.54, 1.807) is 29.9 Å². The average Bonchev–Trinajstić information content (AvgIpc) is 3.26. The maximum Gasteiger partial charge on any atom is 0.191 e. The Bertz CT molecular complexity index is 1160. The fraction of sp³-hybridized carbons (Fsp3) is 0.316. The molecule has 0 aromatic carbocycles. The van der Waals surface area contributed by atoms with Crippen molar-refractivity contribution in [2.75, 3.05) is 13.1 Å². The molecular weight excluding hydrogens is 350 g/mol. The van der Waals surface area contributed by atoms with Gasteiger partial charge in [-0.1, -0.05) is 0 Å². The van der Waals surface area contributed by atoms with Crippen molar-refractivity contribution >= 4 is 11.3 Å². The van der Waals surface area contributed by atoms with Crippen molar-refractivity contribution in [1.29, 1.82) is 0 Å². The van der Waals surface area contributed by atoms with E-state index in [9.17, 15) is 8.78 Å². The highest BCUT2D eigenvalue weighted by Crippen LogP contribution is 2.27. The van der Waals surface area contributed by atoms with Gasteiger partial charge in [-0.05, 0) is 45.0 Å². The molecular formula is C19H18F2N6. The van der Waals surface area contributed by atoms with Gasteiger partial charge >= 0.3 is 0 Å². The lowest BCUT2D eigenvalue weighted by Crippen LogP contribution is -2.27. The predicted molar refractivity (Wildman–Crippen MR) is 96.7 cm³/mol. The minimum absolute atomic E-state index is 0.201. The van der Waals surface area contributed by atoms with Crippen LogP contribution >= 0.6 is 0 Å². The SMILES string of the molecule is Cc1cn2cc(-c3cc(F)c4nc(C5CCNCC5)nn4c3)cc(F)c2n1. The van der Waals surface area contributed by atoms with Gasteiger partial charge in [-0.3, -0.25) is 0 Å². The molecule has 6 nitrogen and oxygen atoms in total. The Morgan fingerprint density at radius 2 is 1.67 bits per heavy atom. The van der Waals surface area contributed by atoms with E-state index in [2.05, 4.69) is 20.4 Å². The van der Waals surface area contributed by atoms with E-state index >= 15 is 0 Å². The molecule has 0 spiro atoms. The molecule has 0 radical (unpaired) electrons. The van der Waals surface area contributed by atoms with Crippen molar-refractivity contribution in [3.05, 3.63) is 53.9 Å². The van der Waals surface area contributed by atoms with Gasteiger partial charge in [0.15, 0.2) is 28.8 Å². The summed E-state index contributed by atoms with van der Waals surface area (Å²) in [6.45, 7) is 3.63. The third-order valence-corrected chi connectivity index (χ3v) is 5.07. The number of fused-ring (bicyclic) bond motifs is 2. The van der Waals surface area contributed by atoms with E-state index in [-0.39, 0.29) is 17.2 Å². The number of nitrogens with one attached hydrogen (secondary N) is 1. The molecule has 0 atom stereocenters. The monoisotopic (exact) mass is 368 g/mol. The summed E-state index contributed by atoms with van der Waals surface area (Å²) in [6, 6.07) is 2.74. The van der Waals surface area contributed by atoms with Crippen molar-refractivity contribution in [2.45, 2.75) is 25.7 Å². The van der Waals surface area contributed by atoms with Crippen molar-refractivity contribution in [2.24, 2.45) is 0 Å². The van der Waals surface area contributed by atoms with Crippen molar-refractivity contribution < 1.29 is 8.78 Å². The van der Waals surface area contributed by atoms with Gasteiger partial charge in [0.05, 0.1) is 5.69 Å². The molecule has 1 aliphatic rings. The zero-order chi connectivity index (χ0) is 18.5. The number of piperidine rings is 1. The molecule has 5 heterocycles. The first-order chi connectivity index (χ1) is 13.1. The van der Waals surface area contributed by atoms with Crippen molar-refractivity contribution in [1.82, 2.24) is 29.3 Å². The van der Waals surface area contributed by atoms with E-state index in [1.165, 1.54) is 16.6 Å². The second kappa shape index (κ2) is 6.09. The molecule has 4 aromatic heterocycles. The molecule has 1 saturated heterocycles. The van der Waals surface area contributed by atoms with Gasteiger partial charge in [-0.2, -0.15) is 5.10 Å². The number of halogens is 2. The number of pyridine rings is 2. The van der Waals surface area contributed by atoms with Gasteiger partial charge in [0.25, 0.3) is 0 Å². The maximum atomic E-state index is 14.7. The van der Waals surface area contributed by atoms with Crippen LogP contribution in [0.25, 0.3) is 22.4 Å². The molecule has 0 bridgehead atoms. The molecule has 8 heteroatoms. The first-order valence-corrected chi connectivity index (χ1v) is 9.00. The van der Waals surface area contributed by atoms with Crippen LogP contribution in [0.15, 0.2) is 30.7 Å². The van der Waals surface area contributed by atoms with Crippen LogP contribution in [0, 0.1) is 18.6 Å². The topological polar surface area (TPSA) is 59.5 Å². The Morgan fingerprint density at radius 3 is 2.44 bits per heavy atom. The summed E-state index contributed by atoms with van der Waals surface area (Å²) in [6.07, 6.45) is 7.05. The standard InChI is InChI=1S/C19H18F2N6/c1-11-8-26-9-13(6-15(20)18(26)23-11)14-7-16(21)19-24-17(25-27(19)10-14)12-2-4-22-5-3-12/h6-10,12,22H,2-5H2,1H3. The fourth-order valence-corrected chi connectivity index (χ4v) is 3.71. The largest absolute Gasteiger partial charge is 0.317 e. The van der Waals surface area contributed by atoms with E-state index < -0.39 is 11.6 Å². The first-order valence-electron chi connectivity index (χ1n) is 9.00. The highest BCUT2D eigenvalue weighted by molar-refractivity contribution is 5.66. The molecule has 5 rings (SSSR count). The van der Waals surface area contributed by atoms with Crippen LogP contribution in [0.2, 0.25) is 0 Å². The normalized spacial score (nSPS) is 15.8. The number of rotatable bonds is 2. The Hall–Kier alpha value is -2.87. The van der Waals surface area contributed by atoms with Crippen LogP contribution in [-0.4, -0.2) is 37.1 Å². The van der Waals surface area contributed by atoms with Crippen LogP contribution in [0.1, 0.15) is 30.3 Å². The van der Waals surface area contributed by atoms with Gasteiger partial charge in [-0.15, -0.1) is 0 Å². The number of hydrogen-bond donors (Lipinski definition) is 1. The Balaban J connectivity index is 1.61. The van der Waals surface area contributed by atoms with Gasteiger partial charge in [0.1, 0.15) is 0 Å². The lowest BCUT2D eigenvalue weighted by atomic mass is 9.98. The molecule has 0 amide bonds. The van der Waals surface area contributed by atoms with Gasteiger partial charge < -0.3 is 9.72 Å². The van der Waals surface area contributed by atoms with E-state index in [0.29, 0.717) is 17.0 Å². The molecule has 0 unspecified atom stereocenters. The molecule has 1 N–H and O–H groups in total. The number of hydrogen-bond acceptors (Lipinski definition) is 4. The highest BCUT2D eigenvalue weighted by Gasteiger charge is 2.21. The number of aromatic nitrogens is 5. The third-order valence-electron chi connectivity index (χ3n) is 5.07. The third kappa shape index (κ3) is 2.76. The fourth-order valence-electron chi connectivity index (χ4n) is 3.71. The second-order valence-electron chi connectivity index (χ2n) is 7.03. The predicted octanol–water partition coefficient (Wildman–Crippen LogP) is 3.10. The molecule has 0 aliphatic carbocycles. The van der Waals surface area contributed by atoms with Gasteiger partial charge in [0.2, 0.25) is 0 Å². The van der Waals surface area contributed by atoms with Crippen LogP contribution < -0.4 is 5.32 Å². The summed E-state index contributed by atoms with van der Waals surface area (Å²) in [5.74, 6) is -0.0197. The van der Waals surface area contributed by atoms with E-state index in [0.717, 1.165) is 31.6 Å². The molecule has 0 saturated carbocycles. The summed E-state index contributed by atoms with van der Waals surface area (Å²) in [4.78, 5) is 8.55. The average molecular weight is 368 g/mol. The number of nitrogens with zero attached hydrogens (tertiary/aromatic N) is 5. The Labute approximate surface area is 153 Å². The Morgan fingerprint density at radius 1 is 0.963 bits per heavy atom. The summed E-state index contributed by atoms with van der Waals surface area (Å²) in [7, 11) is 0. The molecule has 4 aromatic rings. The molecule has 138 valence electrons. The Kier molecular flexibility index (Phi) is 3.68. The maximum absolute atomic E-state index is 14.7. The van der Waals surface area contributed by atoms with Gasteiger partial charge in [0, 0.05) is 35.6 Å². The van der Waals surface area contributed by atoms with Crippen LogP contribution in [0.4, 0.5) is 8.78 Å². The quantitative estimate of drug-likeness (QED) is 0.591. The lowest BCUT2D eigenvalue weighted by molar-refractivity contribution is 0.445. The van der Waals surface area contributed by atoms with Gasteiger partial charge in [-0.25, -0.2) is 23.3 Å². The van der Waals surface area contributed by atoms with E-state index in [4.69, 9.17) is 0 Å². The summed E-state index contributed by atoms with van der Waals surface area (Å²) in [5.41, 5.74) is 2.26. The second-order valence-corrected chi connectivity index (χ2v) is 7.03. The van der Waals surface area contributed by atoms with Crippen LogP contribution in [0.5, 0.6) is 0 Å². The lowest BCUT2D eigenvalue weighted by Gasteiger charge is -2.19. The summed E-state index contributed by atoms with van der Waals surface area (Å²) in [5, 5.41) is 7.80. The first kappa shape index (κ1) is 16.3. The smallest absolute Gasteiger partial charge is 0.191 e. The number of aryl methyl sites for hydroxylation is 1. The van der Waals surface area contributed by atoms with Crippen LogP contribution in [-0.2, 0) is 0 Å². The molecule has 1 aliphatic heterocycles. The van der Waals surface area contributed by atoms with Crippen LogP contribution in [0.3, 0.4) is 0 Å².